The van der Waals surface area contributed by atoms with Crippen LogP contribution in [0.3, 0.4) is 0 Å². The molecule has 1 saturated heterocycles. The average Bonchev–Trinajstić information content (AvgIpc) is 2.17. The second-order valence-electron chi connectivity index (χ2n) is 3.37. The summed E-state index contributed by atoms with van der Waals surface area (Å²) >= 11 is 5.29. The highest BCUT2D eigenvalue weighted by Gasteiger charge is 2.31. The molecule has 86 valence electrons. The summed E-state index contributed by atoms with van der Waals surface area (Å²) in [5, 5.41) is 20.6. The largest absolute Gasteiger partial charge is 0.465 e. The van der Waals surface area contributed by atoms with Gasteiger partial charge in [0.05, 0.1) is 6.10 Å². The Morgan fingerprint density at radius 1 is 1.53 bits per heavy atom. The van der Waals surface area contributed by atoms with E-state index in [0.717, 1.165) is 4.90 Å². The summed E-state index contributed by atoms with van der Waals surface area (Å²) in [6.07, 6.45) is -1.78. The van der Waals surface area contributed by atoms with Crippen molar-refractivity contribution in [2.45, 2.75) is 25.1 Å². The van der Waals surface area contributed by atoms with Crippen molar-refractivity contribution < 1.29 is 19.8 Å². The van der Waals surface area contributed by atoms with Crippen molar-refractivity contribution in [3.05, 3.63) is 0 Å². The number of nitrogens with zero attached hydrogens (tertiary/aromatic N) is 1. The van der Waals surface area contributed by atoms with Crippen LogP contribution in [0.2, 0.25) is 0 Å². The van der Waals surface area contributed by atoms with Gasteiger partial charge >= 0.3 is 6.09 Å². The molecule has 0 aromatic carbocycles. The van der Waals surface area contributed by atoms with E-state index in [-0.39, 0.29) is 18.8 Å². The first-order valence-corrected chi connectivity index (χ1v) is 5.11. The Morgan fingerprint density at radius 3 is 2.73 bits per heavy atom. The van der Waals surface area contributed by atoms with Crippen LogP contribution in [0.5, 0.6) is 0 Å². The number of halogens is 1. The molecule has 0 aliphatic carbocycles. The topological polar surface area (TPSA) is 89.9 Å². The molecule has 7 heteroatoms. The van der Waals surface area contributed by atoms with E-state index >= 15 is 0 Å². The van der Waals surface area contributed by atoms with E-state index in [1.54, 1.807) is 0 Å². The second-order valence-corrected chi connectivity index (χ2v) is 3.64. The lowest BCUT2D eigenvalue weighted by atomic mass is 10.1. The Kier molecular flexibility index (Phi) is 4.16. The first kappa shape index (κ1) is 12.1. The summed E-state index contributed by atoms with van der Waals surface area (Å²) in [5.41, 5.74) is 0. The molecule has 6 nitrogen and oxygen atoms in total. The summed E-state index contributed by atoms with van der Waals surface area (Å²) in [5.74, 6) is -0.665. The van der Waals surface area contributed by atoms with Gasteiger partial charge in [-0.15, -0.1) is 11.6 Å². The van der Waals surface area contributed by atoms with Gasteiger partial charge < -0.3 is 15.5 Å². The van der Waals surface area contributed by atoms with Crippen molar-refractivity contribution >= 4 is 23.6 Å². The summed E-state index contributed by atoms with van der Waals surface area (Å²) < 4.78 is 0. The van der Waals surface area contributed by atoms with E-state index in [4.69, 9.17) is 16.7 Å². The maximum Gasteiger partial charge on any atom is 0.408 e. The molecule has 1 aliphatic heterocycles. The second kappa shape index (κ2) is 5.18. The van der Waals surface area contributed by atoms with E-state index in [9.17, 15) is 14.7 Å². The minimum Gasteiger partial charge on any atom is -0.465 e. The van der Waals surface area contributed by atoms with E-state index in [0.29, 0.717) is 6.42 Å². The fraction of sp³-hybridized carbons (Fsp3) is 0.750. The number of hydrogen-bond donors (Lipinski definition) is 3. The van der Waals surface area contributed by atoms with Crippen LogP contribution in [-0.4, -0.2) is 51.8 Å². The van der Waals surface area contributed by atoms with Gasteiger partial charge in [0.2, 0.25) is 5.91 Å². The molecule has 0 saturated carbocycles. The number of likely N-dealkylation sites (tertiary alicyclic amines) is 1. The standard InChI is InChI=1S/C8H13ClN2O4/c9-4-7(13)10-6-3-5(12)1-2-11(6)8(14)15/h5-6,12H,1-4H2,(H,10,13)(H,14,15). The minimum atomic E-state index is -1.11. The number of alkyl halides is 1. The number of carboxylic acid groups (broad SMARTS) is 1. The molecule has 0 radical (unpaired) electrons. The first-order valence-electron chi connectivity index (χ1n) is 4.57. The summed E-state index contributed by atoms with van der Waals surface area (Å²) in [7, 11) is 0. The van der Waals surface area contributed by atoms with Crippen LogP contribution in [0.15, 0.2) is 0 Å². The Morgan fingerprint density at radius 2 is 2.20 bits per heavy atom. The van der Waals surface area contributed by atoms with Crippen LogP contribution in [0.4, 0.5) is 4.79 Å². The van der Waals surface area contributed by atoms with Crippen LogP contribution in [0, 0.1) is 0 Å². The molecule has 0 bridgehead atoms. The molecule has 2 unspecified atom stereocenters. The number of carbonyl (C=O) groups is 2. The van der Waals surface area contributed by atoms with Gasteiger partial charge in [-0.2, -0.15) is 0 Å². The smallest absolute Gasteiger partial charge is 0.408 e. The lowest BCUT2D eigenvalue weighted by Gasteiger charge is -2.36. The molecule has 1 fully saturated rings. The molecule has 1 heterocycles. The SMILES string of the molecule is O=C(CCl)NC1CC(O)CCN1C(=O)O. The quantitative estimate of drug-likeness (QED) is 0.580. The fourth-order valence-electron chi connectivity index (χ4n) is 1.54. The molecular formula is C8H13ClN2O4. The third-order valence-corrected chi connectivity index (χ3v) is 2.51. The van der Waals surface area contributed by atoms with Gasteiger partial charge in [-0.1, -0.05) is 0 Å². The van der Waals surface area contributed by atoms with E-state index in [1.165, 1.54) is 0 Å². The summed E-state index contributed by atoms with van der Waals surface area (Å²) in [4.78, 5) is 22.9. The minimum absolute atomic E-state index is 0.203. The molecule has 15 heavy (non-hydrogen) atoms. The predicted molar refractivity (Wildman–Crippen MR) is 52.6 cm³/mol. The number of aliphatic hydroxyl groups excluding tert-OH is 1. The van der Waals surface area contributed by atoms with Gasteiger partial charge in [-0.05, 0) is 6.42 Å². The molecule has 2 amide bonds. The number of piperidine rings is 1. The number of amides is 2. The predicted octanol–water partition coefficient (Wildman–Crippen LogP) is -0.198. The zero-order valence-corrected chi connectivity index (χ0v) is 8.78. The van der Waals surface area contributed by atoms with Crippen LogP contribution in [-0.2, 0) is 4.79 Å². The maximum absolute atomic E-state index is 11.0. The number of rotatable bonds is 2. The monoisotopic (exact) mass is 236 g/mol. The number of aliphatic hydroxyl groups is 1. The van der Waals surface area contributed by atoms with Crippen LogP contribution >= 0.6 is 11.6 Å². The number of carbonyl (C=O) groups excluding carboxylic acids is 1. The van der Waals surface area contributed by atoms with Gasteiger partial charge in [0.15, 0.2) is 0 Å². The van der Waals surface area contributed by atoms with Gasteiger partial charge in [0, 0.05) is 13.0 Å². The number of nitrogens with one attached hydrogen (secondary N) is 1. The van der Waals surface area contributed by atoms with Crippen molar-refractivity contribution in [1.82, 2.24) is 10.2 Å². The van der Waals surface area contributed by atoms with Crippen molar-refractivity contribution in [2.75, 3.05) is 12.4 Å². The highest BCUT2D eigenvalue weighted by molar-refractivity contribution is 6.27. The number of hydrogen-bond acceptors (Lipinski definition) is 3. The summed E-state index contributed by atoms with van der Waals surface area (Å²) in [6, 6.07) is 0. The molecule has 0 spiro atoms. The van der Waals surface area contributed by atoms with Crippen LogP contribution < -0.4 is 5.32 Å². The van der Waals surface area contributed by atoms with E-state index in [2.05, 4.69) is 5.32 Å². The molecular weight excluding hydrogens is 224 g/mol. The van der Waals surface area contributed by atoms with Crippen molar-refractivity contribution in [3.63, 3.8) is 0 Å². The molecule has 1 aliphatic rings. The summed E-state index contributed by atoms with van der Waals surface area (Å²) in [6.45, 7) is 0.212. The van der Waals surface area contributed by atoms with Gasteiger partial charge in [0.1, 0.15) is 12.0 Å². The average molecular weight is 237 g/mol. The van der Waals surface area contributed by atoms with Crippen molar-refractivity contribution in [1.29, 1.82) is 0 Å². The fourth-order valence-corrected chi connectivity index (χ4v) is 1.61. The van der Waals surface area contributed by atoms with Gasteiger partial charge in [0.25, 0.3) is 0 Å². The first-order chi connectivity index (χ1) is 7.04. The molecule has 0 aromatic rings. The third-order valence-electron chi connectivity index (χ3n) is 2.27. The molecule has 2 atom stereocenters. The molecule has 0 aromatic heterocycles. The van der Waals surface area contributed by atoms with Crippen molar-refractivity contribution in [3.8, 4) is 0 Å². The van der Waals surface area contributed by atoms with E-state index in [1.807, 2.05) is 0 Å². The molecule has 3 N–H and O–H groups in total. The lowest BCUT2D eigenvalue weighted by Crippen LogP contribution is -2.55. The highest BCUT2D eigenvalue weighted by atomic mass is 35.5. The third kappa shape index (κ3) is 3.24. The normalized spacial score (nSPS) is 26.1. The maximum atomic E-state index is 11.0. The molecule has 1 rings (SSSR count). The van der Waals surface area contributed by atoms with Crippen LogP contribution in [0.1, 0.15) is 12.8 Å². The highest BCUT2D eigenvalue weighted by Crippen LogP contribution is 2.15. The zero-order valence-electron chi connectivity index (χ0n) is 8.02. The Labute approximate surface area is 91.8 Å². The van der Waals surface area contributed by atoms with Crippen molar-refractivity contribution in [2.24, 2.45) is 0 Å². The van der Waals surface area contributed by atoms with Crippen LogP contribution in [0.25, 0.3) is 0 Å². The van der Waals surface area contributed by atoms with Gasteiger partial charge in [-0.3, -0.25) is 9.69 Å². The lowest BCUT2D eigenvalue weighted by molar-refractivity contribution is -0.121. The van der Waals surface area contributed by atoms with Gasteiger partial charge in [-0.25, -0.2) is 4.79 Å². The Balaban J connectivity index is 2.61. The van der Waals surface area contributed by atoms with E-state index < -0.39 is 24.3 Å². The Bertz CT molecular complexity index is 261. The zero-order chi connectivity index (χ0) is 11.4. The Hall–Kier alpha value is -1.01.